The van der Waals surface area contributed by atoms with E-state index in [9.17, 15) is 0 Å². The molecule has 3 rings (SSSR count). The second kappa shape index (κ2) is 6.00. The molecule has 1 saturated heterocycles. The molecule has 0 radical (unpaired) electrons. The average molecular weight is 285 g/mol. The van der Waals surface area contributed by atoms with Crippen LogP contribution >= 0.6 is 0 Å². The Morgan fingerprint density at radius 2 is 2.10 bits per heavy atom. The maximum atomic E-state index is 6.33. The second-order valence-electron chi connectivity index (χ2n) is 5.66. The molecule has 0 spiro atoms. The number of nitrogens with two attached hydrogens (primary N) is 1. The number of nitrogens with zero attached hydrogens (tertiary/aromatic N) is 2. The van der Waals surface area contributed by atoms with Crippen LogP contribution in [0.3, 0.4) is 0 Å². The van der Waals surface area contributed by atoms with E-state index < -0.39 is 0 Å². The molecule has 1 aliphatic heterocycles. The fourth-order valence-electron chi connectivity index (χ4n) is 2.87. The lowest BCUT2D eigenvalue weighted by atomic mass is 10.0. The number of aromatic nitrogens is 1. The van der Waals surface area contributed by atoms with E-state index in [1.54, 1.807) is 0 Å². The molecule has 1 aromatic heterocycles. The molecule has 4 heteroatoms. The number of hydrogen-bond donors (Lipinski definition) is 1. The molecule has 0 amide bonds. The standard InChI is InChI=1S/C17H23N3O/c1-3-15(18)14-11-13-6-4-5-12(2)16(13)19-17(14)20-7-9-21-10-8-20/h4-6,11,15H,3,7-10,18H2,1-2H3. The minimum Gasteiger partial charge on any atom is -0.378 e. The summed E-state index contributed by atoms with van der Waals surface area (Å²) in [6.45, 7) is 7.51. The highest BCUT2D eigenvalue weighted by atomic mass is 16.5. The molecule has 0 bridgehead atoms. The number of aryl methyl sites for hydroxylation is 1. The molecule has 4 nitrogen and oxygen atoms in total. The first-order valence-electron chi connectivity index (χ1n) is 7.69. The molecule has 1 aliphatic rings. The zero-order valence-corrected chi connectivity index (χ0v) is 12.8. The largest absolute Gasteiger partial charge is 0.378 e. The van der Waals surface area contributed by atoms with Gasteiger partial charge in [-0.2, -0.15) is 0 Å². The van der Waals surface area contributed by atoms with Crippen LogP contribution in [0.2, 0.25) is 0 Å². The highest BCUT2D eigenvalue weighted by Crippen LogP contribution is 2.30. The summed E-state index contributed by atoms with van der Waals surface area (Å²) < 4.78 is 5.46. The fourth-order valence-corrected chi connectivity index (χ4v) is 2.87. The second-order valence-corrected chi connectivity index (χ2v) is 5.66. The van der Waals surface area contributed by atoms with Crippen molar-refractivity contribution in [3.8, 4) is 0 Å². The minimum absolute atomic E-state index is 0.0280. The summed E-state index contributed by atoms with van der Waals surface area (Å²) in [6.07, 6.45) is 0.913. The van der Waals surface area contributed by atoms with E-state index in [0.29, 0.717) is 0 Å². The maximum absolute atomic E-state index is 6.33. The van der Waals surface area contributed by atoms with Crippen LogP contribution in [0.5, 0.6) is 0 Å². The van der Waals surface area contributed by atoms with E-state index >= 15 is 0 Å². The zero-order valence-electron chi connectivity index (χ0n) is 12.8. The number of hydrogen-bond acceptors (Lipinski definition) is 4. The molecule has 0 aliphatic carbocycles. The van der Waals surface area contributed by atoms with Gasteiger partial charge in [-0.15, -0.1) is 0 Å². The summed E-state index contributed by atoms with van der Waals surface area (Å²) in [5, 5.41) is 1.17. The molecule has 1 aromatic carbocycles. The predicted molar refractivity (Wildman–Crippen MR) is 86.7 cm³/mol. The lowest BCUT2D eigenvalue weighted by Gasteiger charge is -2.31. The summed E-state index contributed by atoms with van der Waals surface area (Å²) in [4.78, 5) is 7.26. The molecule has 1 atom stereocenters. The SMILES string of the molecule is CCC(N)c1cc2cccc(C)c2nc1N1CCOCC1. The van der Waals surface area contributed by atoms with Crippen molar-refractivity contribution in [2.45, 2.75) is 26.3 Å². The molecular weight excluding hydrogens is 262 g/mol. The lowest BCUT2D eigenvalue weighted by molar-refractivity contribution is 0.122. The first-order valence-corrected chi connectivity index (χ1v) is 7.69. The Balaban J connectivity index is 2.15. The van der Waals surface area contributed by atoms with Crippen molar-refractivity contribution in [3.63, 3.8) is 0 Å². The molecule has 1 fully saturated rings. The number of ether oxygens (including phenoxy) is 1. The van der Waals surface area contributed by atoms with Crippen molar-refractivity contribution < 1.29 is 4.74 Å². The normalized spacial score (nSPS) is 17.2. The first-order chi connectivity index (χ1) is 10.2. The van der Waals surface area contributed by atoms with E-state index in [-0.39, 0.29) is 6.04 Å². The van der Waals surface area contributed by atoms with Crippen LogP contribution in [-0.2, 0) is 4.74 Å². The monoisotopic (exact) mass is 285 g/mol. The van der Waals surface area contributed by atoms with Gasteiger partial charge in [0.2, 0.25) is 0 Å². The number of pyridine rings is 1. The maximum Gasteiger partial charge on any atom is 0.134 e. The Labute approximate surface area is 125 Å². The average Bonchev–Trinajstić information content (AvgIpc) is 2.54. The van der Waals surface area contributed by atoms with Crippen LogP contribution in [0.25, 0.3) is 10.9 Å². The topological polar surface area (TPSA) is 51.4 Å². The van der Waals surface area contributed by atoms with E-state index in [1.165, 1.54) is 10.9 Å². The van der Waals surface area contributed by atoms with Gasteiger partial charge in [0.15, 0.2) is 0 Å². The third kappa shape index (κ3) is 2.74. The van der Waals surface area contributed by atoms with Crippen LogP contribution in [0.1, 0.15) is 30.5 Å². The Bertz CT molecular complexity index is 635. The van der Waals surface area contributed by atoms with E-state index in [4.69, 9.17) is 15.5 Å². The van der Waals surface area contributed by atoms with E-state index in [1.807, 2.05) is 0 Å². The highest BCUT2D eigenvalue weighted by Gasteiger charge is 2.20. The Kier molecular flexibility index (Phi) is 4.08. The van der Waals surface area contributed by atoms with Gasteiger partial charge in [0.1, 0.15) is 5.82 Å². The molecular formula is C17H23N3O. The first kappa shape index (κ1) is 14.3. The predicted octanol–water partition coefficient (Wildman–Crippen LogP) is 2.79. The smallest absolute Gasteiger partial charge is 0.134 e. The van der Waals surface area contributed by atoms with Gasteiger partial charge in [-0.25, -0.2) is 4.98 Å². The van der Waals surface area contributed by atoms with Gasteiger partial charge in [-0.05, 0) is 25.0 Å². The van der Waals surface area contributed by atoms with Crippen LogP contribution in [0, 0.1) is 6.92 Å². The molecule has 112 valence electrons. The Hall–Kier alpha value is -1.65. The van der Waals surface area contributed by atoms with Crippen molar-refractivity contribution in [1.29, 1.82) is 0 Å². The van der Waals surface area contributed by atoms with E-state index in [2.05, 4.69) is 43.0 Å². The Morgan fingerprint density at radius 1 is 1.33 bits per heavy atom. The number of fused-ring (bicyclic) bond motifs is 1. The van der Waals surface area contributed by atoms with Gasteiger partial charge in [-0.1, -0.05) is 25.1 Å². The van der Waals surface area contributed by atoms with Crippen LogP contribution in [0.15, 0.2) is 24.3 Å². The summed E-state index contributed by atoms with van der Waals surface area (Å²) in [5.41, 5.74) is 9.77. The van der Waals surface area contributed by atoms with Crippen LogP contribution < -0.4 is 10.6 Å². The van der Waals surface area contributed by atoms with E-state index in [0.717, 1.165) is 49.6 Å². The third-order valence-electron chi connectivity index (χ3n) is 4.21. The molecule has 2 N–H and O–H groups in total. The molecule has 1 unspecified atom stereocenters. The fraction of sp³-hybridized carbons (Fsp3) is 0.471. The lowest BCUT2D eigenvalue weighted by Crippen LogP contribution is -2.38. The minimum atomic E-state index is 0.0280. The van der Waals surface area contributed by atoms with Crippen LogP contribution in [-0.4, -0.2) is 31.3 Å². The molecule has 2 heterocycles. The van der Waals surface area contributed by atoms with Crippen molar-refractivity contribution in [3.05, 3.63) is 35.4 Å². The number of para-hydroxylation sites is 1. The number of rotatable bonds is 3. The van der Waals surface area contributed by atoms with Crippen molar-refractivity contribution in [1.82, 2.24) is 4.98 Å². The Morgan fingerprint density at radius 3 is 2.81 bits per heavy atom. The third-order valence-corrected chi connectivity index (χ3v) is 4.21. The number of benzene rings is 1. The molecule has 0 saturated carbocycles. The summed E-state index contributed by atoms with van der Waals surface area (Å²) in [6, 6.07) is 8.55. The molecule has 21 heavy (non-hydrogen) atoms. The van der Waals surface area contributed by atoms with Crippen molar-refractivity contribution >= 4 is 16.7 Å². The van der Waals surface area contributed by atoms with Gasteiger partial charge in [0, 0.05) is 30.1 Å². The van der Waals surface area contributed by atoms with Gasteiger partial charge < -0.3 is 15.4 Å². The summed E-state index contributed by atoms with van der Waals surface area (Å²) in [5.74, 6) is 1.04. The van der Waals surface area contributed by atoms with Crippen molar-refractivity contribution in [2.75, 3.05) is 31.2 Å². The zero-order chi connectivity index (χ0) is 14.8. The summed E-state index contributed by atoms with van der Waals surface area (Å²) in [7, 11) is 0. The van der Waals surface area contributed by atoms with Gasteiger partial charge in [-0.3, -0.25) is 0 Å². The van der Waals surface area contributed by atoms with Crippen LogP contribution in [0.4, 0.5) is 5.82 Å². The number of morpholine rings is 1. The van der Waals surface area contributed by atoms with Gasteiger partial charge >= 0.3 is 0 Å². The molecule has 2 aromatic rings. The van der Waals surface area contributed by atoms with Gasteiger partial charge in [0.05, 0.1) is 18.7 Å². The van der Waals surface area contributed by atoms with Gasteiger partial charge in [0.25, 0.3) is 0 Å². The van der Waals surface area contributed by atoms with Crippen molar-refractivity contribution in [2.24, 2.45) is 5.73 Å². The summed E-state index contributed by atoms with van der Waals surface area (Å²) >= 11 is 0. The quantitative estimate of drug-likeness (QED) is 0.942. The number of anilines is 1. The highest BCUT2D eigenvalue weighted by molar-refractivity contribution is 5.84.